The van der Waals surface area contributed by atoms with Crippen LogP contribution in [0, 0.1) is 4.77 Å². The van der Waals surface area contributed by atoms with Crippen molar-refractivity contribution in [2.45, 2.75) is 0 Å². The summed E-state index contributed by atoms with van der Waals surface area (Å²) in [5.74, 6) is 0.0865. The molecular weight excluding hydrogens is 334 g/mol. The van der Waals surface area contributed by atoms with Crippen molar-refractivity contribution < 1.29 is 0 Å². The topological polar surface area (TPSA) is 78.7 Å². The fourth-order valence-corrected chi connectivity index (χ4v) is 3.10. The molecule has 0 atom stereocenters. The Labute approximate surface area is 147 Å². The van der Waals surface area contributed by atoms with Crippen molar-refractivity contribution >= 4 is 29.2 Å². The quantitative estimate of drug-likeness (QED) is 0.564. The predicted octanol–water partition coefficient (Wildman–Crippen LogP) is 2.88. The molecule has 0 saturated carbocycles. The molecule has 6 nitrogen and oxygen atoms in total. The minimum Gasteiger partial charge on any atom is -0.368 e. The number of aromatic nitrogens is 4. The van der Waals surface area contributed by atoms with Crippen molar-refractivity contribution in [3.8, 4) is 11.4 Å². The monoisotopic (exact) mass is 347 g/mol. The summed E-state index contributed by atoms with van der Waals surface area (Å²) in [5, 5.41) is 0.343. The maximum Gasteiger partial charge on any atom is 0.270 e. The molecule has 0 aliphatic carbocycles. The van der Waals surface area contributed by atoms with E-state index in [0.29, 0.717) is 21.5 Å². The zero-order valence-corrected chi connectivity index (χ0v) is 13.9. The molecule has 0 aliphatic heterocycles. The number of rotatable bonds is 2. The molecule has 122 valence electrons. The lowest BCUT2D eigenvalue weighted by Gasteiger charge is -2.15. The number of nitrogens with two attached hydrogens (primary N) is 1. The van der Waals surface area contributed by atoms with E-state index in [1.165, 1.54) is 10.8 Å². The lowest BCUT2D eigenvalue weighted by Crippen LogP contribution is -2.24. The van der Waals surface area contributed by atoms with Crippen LogP contribution in [0.2, 0.25) is 0 Å². The molecule has 0 spiro atoms. The van der Waals surface area contributed by atoms with Gasteiger partial charge in [0, 0.05) is 11.9 Å². The van der Waals surface area contributed by atoms with Crippen LogP contribution in [-0.4, -0.2) is 19.1 Å². The van der Waals surface area contributed by atoms with Crippen LogP contribution in [0.5, 0.6) is 0 Å². The van der Waals surface area contributed by atoms with Gasteiger partial charge in [-0.1, -0.05) is 36.4 Å². The second kappa shape index (κ2) is 5.95. The lowest BCUT2D eigenvalue weighted by atomic mass is 10.3. The first-order valence-electron chi connectivity index (χ1n) is 7.58. The fraction of sp³-hybridized carbons (Fsp3) is 0. The molecule has 4 rings (SSSR count). The van der Waals surface area contributed by atoms with E-state index in [0.717, 1.165) is 5.69 Å². The molecule has 0 amide bonds. The average molecular weight is 347 g/mol. The Morgan fingerprint density at radius 3 is 2.04 bits per heavy atom. The molecule has 4 aromatic rings. The van der Waals surface area contributed by atoms with E-state index in [1.807, 2.05) is 60.7 Å². The highest BCUT2D eigenvalue weighted by atomic mass is 32.1. The number of para-hydroxylation sites is 2. The Bertz CT molecular complexity index is 1180. The van der Waals surface area contributed by atoms with E-state index in [9.17, 15) is 4.79 Å². The van der Waals surface area contributed by atoms with Crippen LogP contribution in [-0.2, 0) is 0 Å². The fourth-order valence-electron chi connectivity index (χ4n) is 2.72. The molecule has 25 heavy (non-hydrogen) atoms. The van der Waals surface area contributed by atoms with Crippen molar-refractivity contribution in [2.24, 2.45) is 0 Å². The zero-order chi connectivity index (χ0) is 17.4. The summed E-state index contributed by atoms with van der Waals surface area (Å²) in [5.41, 5.74) is 7.33. The Morgan fingerprint density at radius 1 is 0.880 bits per heavy atom. The van der Waals surface area contributed by atoms with Crippen LogP contribution >= 0.6 is 12.2 Å². The van der Waals surface area contributed by atoms with Gasteiger partial charge in [0.05, 0.1) is 5.69 Å². The second-order valence-corrected chi connectivity index (χ2v) is 5.76. The van der Waals surface area contributed by atoms with Gasteiger partial charge in [-0.2, -0.15) is 4.98 Å². The minimum absolute atomic E-state index is 0.0865. The average Bonchev–Trinajstić information content (AvgIpc) is 2.63. The van der Waals surface area contributed by atoms with Gasteiger partial charge in [-0.05, 0) is 36.5 Å². The number of fused-ring (bicyclic) bond motifs is 1. The van der Waals surface area contributed by atoms with Crippen molar-refractivity contribution in [3.05, 3.63) is 82.0 Å². The minimum atomic E-state index is -0.279. The Balaban J connectivity index is 2.22. The summed E-state index contributed by atoms with van der Waals surface area (Å²) in [6, 6.07) is 18.7. The van der Waals surface area contributed by atoms with E-state index >= 15 is 0 Å². The number of hydrogen-bond acceptors (Lipinski definition) is 5. The summed E-state index contributed by atoms with van der Waals surface area (Å²) in [6.45, 7) is 0. The first-order chi connectivity index (χ1) is 12.2. The molecule has 2 aromatic heterocycles. The molecule has 2 heterocycles. The zero-order valence-electron chi connectivity index (χ0n) is 13.0. The van der Waals surface area contributed by atoms with Gasteiger partial charge < -0.3 is 5.73 Å². The van der Waals surface area contributed by atoms with Gasteiger partial charge in [-0.3, -0.25) is 13.9 Å². The van der Waals surface area contributed by atoms with Crippen LogP contribution in [0.25, 0.3) is 22.4 Å². The third kappa shape index (κ3) is 2.50. The maximum atomic E-state index is 13.0. The largest absolute Gasteiger partial charge is 0.368 e. The standard InChI is InChI=1S/C18H13N5OS/c19-17-20-11-14-15(21-17)22(12-7-3-1-4-8-12)18(25)23(16(14)24)13-9-5-2-6-10-13/h1-11H,(H2,19,20,21). The highest BCUT2D eigenvalue weighted by Crippen LogP contribution is 2.18. The first-order valence-corrected chi connectivity index (χ1v) is 7.99. The Hall–Kier alpha value is -3.32. The van der Waals surface area contributed by atoms with E-state index in [-0.39, 0.29) is 11.5 Å². The summed E-state index contributed by atoms with van der Waals surface area (Å²) in [6.07, 6.45) is 1.44. The number of anilines is 1. The summed E-state index contributed by atoms with van der Waals surface area (Å²) >= 11 is 5.64. The van der Waals surface area contributed by atoms with Crippen LogP contribution in [0.1, 0.15) is 0 Å². The van der Waals surface area contributed by atoms with Crippen LogP contribution in [0.15, 0.2) is 71.7 Å². The molecule has 0 unspecified atom stereocenters. The molecular formula is C18H13N5OS. The first kappa shape index (κ1) is 15.2. The number of benzene rings is 2. The molecule has 2 N–H and O–H groups in total. The van der Waals surface area contributed by atoms with E-state index in [1.54, 1.807) is 4.57 Å². The SMILES string of the molecule is Nc1ncc2c(=O)n(-c3ccccc3)c(=S)n(-c3ccccc3)c2n1. The van der Waals surface area contributed by atoms with Gasteiger partial charge in [0.15, 0.2) is 10.4 Å². The highest BCUT2D eigenvalue weighted by molar-refractivity contribution is 7.71. The predicted molar refractivity (Wildman–Crippen MR) is 99.7 cm³/mol. The van der Waals surface area contributed by atoms with Gasteiger partial charge in [-0.25, -0.2) is 4.98 Å². The third-order valence-corrected chi connectivity index (χ3v) is 4.21. The molecule has 0 saturated heterocycles. The molecule has 0 fully saturated rings. The van der Waals surface area contributed by atoms with Gasteiger partial charge in [-0.15, -0.1) is 0 Å². The van der Waals surface area contributed by atoms with Crippen molar-refractivity contribution in [3.63, 3.8) is 0 Å². The smallest absolute Gasteiger partial charge is 0.270 e. The van der Waals surface area contributed by atoms with E-state index in [2.05, 4.69) is 9.97 Å². The van der Waals surface area contributed by atoms with E-state index < -0.39 is 0 Å². The molecule has 0 radical (unpaired) electrons. The van der Waals surface area contributed by atoms with Crippen molar-refractivity contribution in [2.75, 3.05) is 5.73 Å². The van der Waals surface area contributed by atoms with Gasteiger partial charge >= 0.3 is 0 Å². The Morgan fingerprint density at radius 2 is 1.44 bits per heavy atom. The summed E-state index contributed by atoms with van der Waals surface area (Å²) in [4.78, 5) is 21.2. The molecule has 0 bridgehead atoms. The van der Waals surface area contributed by atoms with Crippen molar-refractivity contribution in [1.82, 2.24) is 19.1 Å². The highest BCUT2D eigenvalue weighted by Gasteiger charge is 2.15. The molecule has 7 heteroatoms. The second-order valence-electron chi connectivity index (χ2n) is 5.40. The molecule has 2 aromatic carbocycles. The van der Waals surface area contributed by atoms with Crippen LogP contribution < -0.4 is 11.3 Å². The van der Waals surface area contributed by atoms with Crippen molar-refractivity contribution in [1.29, 1.82) is 0 Å². The van der Waals surface area contributed by atoms with Crippen LogP contribution in [0.3, 0.4) is 0 Å². The molecule has 0 aliphatic rings. The number of nitrogens with zero attached hydrogens (tertiary/aromatic N) is 4. The van der Waals surface area contributed by atoms with E-state index in [4.69, 9.17) is 18.0 Å². The number of hydrogen-bond donors (Lipinski definition) is 1. The lowest BCUT2D eigenvalue weighted by molar-refractivity contribution is 0.862. The maximum absolute atomic E-state index is 13.0. The number of nitrogen functional groups attached to an aromatic ring is 1. The summed E-state index contributed by atoms with van der Waals surface area (Å²) in [7, 11) is 0. The summed E-state index contributed by atoms with van der Waals surface area (Å²) < 4.78 is 3.52. The van der Waals surface area contributed by atoms with Gasteiger partial charge in [0.2, 0.25) is 5.95 Å². The van der Waals surface area contributed by atoms with Gasteiger partial charge in [0.1, 0.15) is 5.39 Å². The van der Waals surface area contributed by atoms with Crippen LogP contribution in [0.4, 0.5) is 5.95 Å². The third-order valence-electron chi connectivity index (χ3n) is 3.84. The Kier molecular flexibility index (Phi) is 3.62. The van der Waals surface area contributed by atoms with Gasteiger partial charge in [0.25, 0.3) is 5.56 Å². The normalized spacial score (nSPS) is 10.9.